The topological polar surface area (TPSA) is 61.8 Å². The first-order valence-electron chi connectivity index (χ1n) is 6.85. The molecule has 0 spiro atoms. The molecule has 1 aromatic carbocycles. The Morgan fingerprint density at radius 3 is 2.57 bits per heavy atom. The van der Waals surface area contributed by atoms with E-state index in [2.05, 4.69) is 0 Å². The summed E-state index contributed by atoms with van der Waals surface area (Å²) in [4.78, 5) is 12.3. The van der Waals surface area contributed by atoms with E-state index in [0.29, 0.717) is 29.6 Å². The summed E-state index contributed by atoms with van der Waals surface area (Å²) in [5, 5.41) is 0. The van der Waals surface area contributed by atoms with Crippen LogP contribution in [0.25, 0.3) is 0 Å². The molecule has 0 bridgehead atoms. The standard InChI is InChI=1S/C15H20O5S/c1-15(2,3)20-14(16)6-9-21(17)11-4-5-12-13(10-11)19-8-7-18-12/h4-5,10H,6-9H2,1-3H3. The largest absolute Gasteiger partial charge is 0.486 e. The average molecular weight is 312 g/mol. The van der Waals surface area contributed by atoms with Gasteiger partial charge in [-0.15, -0.1) is 0 Å². The van der Waals surface area contributed by atoms with Crippen LogP contribution in [-0.2, 0) is 20.3 Å². The van der Waals surface area contributed by atoms with E-state index in [1.807, 2.05) is 20.8 Å². The molecule has 1 aliphatic heterocycles. The highest BCUT2D eigenvalue weighted by molar-refractivity contribution is 7.85. The van der Waals surface area contributed by atoms with Crippen molar-refractivity contribution in [2.24, 2.45) is 0 Å². The van der Waals surface area contributed by atoms with Gasteiger partial charge in [0.1, 0.15) is 18.8 Å². The van der Waals surface area contributed by atoms with Crippen molar-refractivity contribution < 1.29 is 23.2 Å². The molecule has 116 valence electrons. The third kappa shape index (κ3) is 4.74. The molecule has 5 nitrogen and oxygen atoms in total. The summed E-state index contributed by atoms with van der Waals surface area (Å²) in [6.45, 7) is 6.43. The molecule has 0 aromatic heterocycles. The van der Waals surface area contributed by atoms with Gasteiger partial charge in [0, 0.05) is 16.7 Å². The smallest absolute Gasteiger partial charge is 0.307 e. The van der Waals surface area contributed by atoms with E-state index in [1.54, 1.807) is 18.2 Å². The maximum absolute atomic E-state index is 12.2. The van der Waals surface area contributed by atoms with Crippen molar-refractivity contribution in [3.8, 4) is 11.5 Å². The van der Waals surface area contributed by atoms with E-state index in [9.17, 15) is 9.00 Å². The van der Waals surface area contributed by atoms with E-state index in [1.165, 1.54) is 0 Å². The number of hydrogen-bond acceptors (Lipinski definition) is 5. The Kier molecular flexibility index (Phi) is 4.88. The number of ether oxygens (including phenoxy) is 3. The molecule has 2 rings (SSSR count). The highest BCUT2D eigenvalue weighted by Crippen LogP contribution is 2.31. The van der Waals surface area contributed by atoms with Gasteiger partial charge >= 0.3 is 5.97 Å². The summed E-state index contributed by atoms with van der Waals surface area (Å²) in [5.74, 6) is 1.15. The minimum absolute atomic E-state index is 0.123. The van der Waals surface area contributed by atoms with Gasteiger partial charge in [0.2, 0.25) is 0 Å². The molecule has 1 atom stereocenters. The molecule has 1 unspecified atom stereocenters. The zero-order valence-electron chi connectivity index (χ0n) is 12.5. The van der Waals surface area contributed by atoms with Crippen LogP contribution in [-0.4, -0.2) is 34.7 Å². The highest BCUT2D eigenvalue weighted by Gasteiger charge is 2.18. The van der Waals surface area contributed by atoms with Crippen molar-refractivity contribution in [3.63, 3.8) is 0 Å². The maximum Gasteiger partial charge on any atom is 0.307 e. The normalized spacial score (nSPS) is 15.4. The molecule has 0 radical (unpaired) electrons. The van der Waals surface area contributed by atoms with Crippen LogP contribution in [0, 0.1) is 0 Å². The summed E-state index contributed by atoms with van der Waals surface area (Å²) >= 11 is 0. The van der Waals surface area contributed by atoms with E-state index in [0.717, 1.165) is 0 Å². The van der Waals surface area contributed by atoms with Crippen LogP contribution in [0.3, 0.4) is 0 Å². The molecule has 6 heteroatoms. The summed E-state index contributed by atoms with van der Waals surface area (Å²) in [6, 6.07) is 5.19. The van der Waals surface area contributed by atoms with Crippen molar-refractivity contribution in [2.75, 3.05) is 19.0 Å². The van der Waals surface area contributed by atoms with Crippen molar-refractivity contribution in [1.82, 2.24) is 0 Å². The van der Waals surface area contributed by atoms with Crippen LogP contribution in [0.1, 0.15) is 27.2 Å². The lowest BCUT2D eigenvalue weighted by Crippen LogP contribution is -2.24. The van der Waals surface area contributed by atoms with Crippen LogP contribution in [0.5, 0.6) is 11.5 Å². The monoisotopic (exact) mass is 312 g/mol. The van der Waals surface area contributed by atoms with Gasteiger partial charge in [-0.25, -0.2) is 0 Å². The van der Waals surface area contributed by atoms with Crippen molar-refractivity contribution in [3.05, 3.63) is 18.2 Å². The molecular formula is C15H20O5S. The molecule has 0 saturated carbocycles. The summed E-state index contributed by atoms with van der Waals surface area (Å²) < 4.78 is 28.3. The fourth-order valence-corrected chi connectivity index (χ4v) is 2.90. The molecule has 0 fully saturated rings. The van der Waals surface area contributed by atoms with Crippen LogP contribution in [0.15, 0.2) is 23.1 Å². The summed E-state index contributed by atoms with van der Waals surface area (Å²) in [5.41, 5.74) is -0.518. The lowest BCUT2D eigenvalue weighted by molar-refractivity contribution is -0.154. The van der Waals surface area contributed by atoms with Crippen LogP contribution >= 0.6 is 0 Å². The first kappa shape index (κ1) is 15.8. The van der Waals surface area contributed by atoms with E-state index < -0.39 is 16.4 Å². The zero-order valence-corrected chi connectivity index (χ0v) is 13.3. The minimum Gasteiger partial charge on any atom is -0.486 e. The lowest BCUT2D eigenvalue weighted by Gasteiger charge is -2.20. The molecule has 21 heavy (non-hydrogen) atoms. The Morgan fingerprint density at radius 2 is 1.90 bits per heavy atom. The Labute approximate surface area is 127 Å². The van der Waals surface area contributed by atoms with Crippen LogP contribution in [0.2, 0.25) is 0 Å². The van der Waals surface area contributed by atoms with Crippen molar-refractivity contribution in [2.45, 2.75) is 37.7 Å². The van der Waals surface area contributed by atoms with E-state index in [4.69, 9.17) is 14.2 Å². The zero-order chi connectivity index (χ0) is 15.5. The fourth-order valence-electron chi connectivity index (χ4n) is 1.85. The van der Waals surface area contributed by atoms with Crippen LogP contribution < -0.4 is 9.47 Å². The van der Waals surface area contributed by atoms with Gasteiger partial charge in [0.15, 0.2) is 11.5 Å². The van der Waals surface area contributed by atoms with Gasteiger partial charge in [0.25, 0.3) is 0 Å². The number of hydrogen-bond donors (Lipinski definition) is 0. The number of rotatable bonds is 4. The Morgan fingerprint density at radius 1 is 1.24 bits per heavy atom. The Balaban J connectivity index is 1.93. The third-order valence-corrected chi connectivity index (χ3v) is 4.04. The molecular weight excluding hydrogens is 292 g/mol. The first-order chi connectivity index (χ1) is 9.85. The average Bonchev–Trinajstić information content (AvgIpc) is 2.42. The molecule has 1 aliphatic rings. The number of esters is 1. The fraction of sp³-hybridized carbons (Fsp3) is 0.533. The molecule has 0 saturated heterocycles. The first-order valence-corrected chi connectivity index (χ1v) is 8.17. The quantitative estimate of drug-likeness (QED) is 0.798. The van der Waals surface area contributed by atoms with Gasteiger partial charge in [-0.05, 0) is 32.9 Å². The lowest BCUT2D eigenvalue weighted by atomic mass is 10.2. The van der Waals surface area contributed by atoms with E-state index >= 15 is 0 Å². The molecule has 1 aromatic rings. The number of carbonyl (C=O) groups is 1. The summed E-state index contributed by atoms with van der Waals surface area (Å²) in [6.07, 6.45) is 0.123. The van der Waals surface area contributed by atoms with Gasteiger partial charge < -0.3 is 14.2 Å². The second-order valence-corrected chi connectivity index (χ2v) is 7.26. The number of carbonyl (C=O) groups excluding carboxylic acids is 1. The van der Waals surface area contributed by atoms with Gasteiger partial charge in [-0.2, -0.15) is 0 Å². The van der Waals surface area contributed by atoms with Crippen molar-refractivity contribution in [1.29, 1.82) is 0 Å². The predicted octanol–water partition coefficient (Wildman–Crippen LogP) is 2.30. The minimum atomic E-state index is -1.27. The molecule has 0 aliphatic carbocycles. The Hall–Kier alpha value is -1.56. The van der Waals surface area contributed by atoms with E-state index in [-0.39, 0.29) is 18.1 Å². The molecule has 0 N–H and O–H groups in total. The number of benzene rings is 1. The molecule has 0 amide bonds. The summed E-state index contributed by atoms with van der Waals surface area (Å²) in [7, 11) is -1.27. The van der Waals surface area contributed by atoms with Crippen molar-refractivity contribution >= 4 is 16.8 Å². The highest BCUT2D eigenvalue weighted by atomic mass is 32.2. The van der Waals surface area contributed by atoms with Crippen LogP contribution in [0.4, 0.5) is 0 Å². The maximum atomic E-state index is 12.2. The number of fused-ring (bicyclic) bond motifs is 1. The van der Waals surface area contributed by atoms with Gasteiger partial charge in [-0.1, -0.05) is 0 Å². The molecule has 1 heterocycles. The third-order valence-electron chi connectivity index (χ3n) is 2.69. The Bertz CT molecular complexity index is 547. The van der Waals surface area contributed by atoms with Gasteiger partial charge in [-0.3, -0.25) is 9.00 Å². The second kappa shape index (κ2) is 6.47. The van der Waals surface area contributed by atoms with Gasteiger partial charge in [0.05, 0.1) is 17.2 Å². The second-order valence-electron chi connectivity index (χ2n) is 5.69. The predicted molar refractivity (Wildman–Crippen MR) is 79.2 cm³/mol. The SMILES string of the molecule is CC(C)(C)OC(=O)CCS(=O)c1ccc2c(c1)OCCO2.